The van der Waals surface area contributed by atoms with Crippen molar-refractivity contribution >= 4 is 23.1 Å². The van der Waals surface area contributed by atoms with Gasteiger partial charge in [-0.3, -0.25) is 9.59 Å². The van der Waals surface area contributed by atoms with Gasteiger partial charge in [0.05, 0.1) is 18.8 Å². The van der Waals surface area contributed by atoms with E-state index < -0.39 is 0 Å². The molecule has 0 unspecified atom stereocenters. The molecule has 1 saturated heterocycles. The number of ether oxygens (including phenoxy) is 1. The Hall–Kier alpha value is -3.19. The lowest BCUT2D eigenvalue weighted by Crippen LogP contribution is -2.41. The number of pyridine rings is 1. The smallest absolute Gasteiger partial charge is 0.259 e. The van der Waals surface area contributed by atoms with Crippen molar-refractivity contribution in [1.29, 1.82) is 0 Å². The highest BCUT2D eigenvalue weighted by Gasteiger charge is 2.21. The number of nitrogens with zero attached hydrogens (tertiary/aromatic N) is 3. The molecule has 1 aromatic carbocycles. The molecular weight excluding hydrogens is 356 g/mol. The average molecular weight is 378 g/mol. The van der Waals surface area contributed by atoms with Crippen molar-refractivity contribution in [3.63, 3.8) is 0 Å². The number of imidazole rings is 1. The minimum Gasteiger partial charge on any atom is -0.378 e. The highest BCUT2D eigenvalue weighted by Crippen LogP contribution is 2.20. The molecule has 1 aliphatic heterocycles. The van der Waals surface area contributed by atoms with Gasteiger partial charge >= 0.3 is 0 Å². The fraction of sp³-hybridized carbons (Fsp3) is 0.286. The lowest BCUT2D eigenvalue weighted by atomic mass is 10.1. The van der Waals surface area contributed by atoms with Crippen molar-refractivity contribution < 1.29 is 14.3 Å². The van der Waals surface area contributed by atoms with Gasteiger partial charge in [0.25, 0.3) is 11.8 Å². The minimum absolute atomic E-state index is 0.0388. The van der Waals surface area contributed by atoms with E-state index in [2.05, 4.69) is 10.3 Å². The van der Waals surface area contributed by atoms with Gasteiger partial charge in [-0.25, -0.2) is 4.98 Å². The van der Waals surface area contributed by atoms with E-state index >= 15 is 0 Å². The number of fused-ring (bicyclic) bond motifs is 1. The Bertz CT molecular complexity index is 1050. The quantitative estimate of drug-likeness (QED) is 0.760. The van der Waals surface area contributed by atoms with Gasteiger partial charge in [0.2, 0.25) is 0 Å². The number of morpholine rings is 1. The maximum Gasteiger partial charge on any atom is 0.259 e. The molecule has 7 heteroatoms. The Labute approximate surface area is 162 Å². The number of carbonyl (C=O) groups excluding carboxylic acids is 2. The van der Waals surface area contributed by atoms with Crippen LogP contribution in [0.5, 0.6) is 0 Å². The van der Waals surface area contributed by atoms with Crippen LogP contribution < -0.4 is 5.32 Å². The van der Waals surface area contributed by atoms with Gasteiger partial charge in [0, 0.05) is 42.9 Å². The third-order valence-electron chi connectivity index (χ3n) is 4.89. The van der Waals surface area contributed by atoms with Crippen LogP contribution >= 0.6 is 0 Å². The van der Waals surface area contributed by atoms with E-state index in [1.807, 2.05) is 48.8 Å². The van der Waals surface area contributed by atoms with E-state index in [0.717, 1.165) is 11.1 Å². The first kappa shape index (κ1) is 18.2. The Balaban J connectivity index is 1.60. The van der Waals surface area contributed by atoms with Gasteiger partial charge in [-0.15, -0.1) is 0 Å². The first-order valence-corrected chi connectivity index (χ1v) is 9.25. The molecule has 2 amide bonds. The molecule has 1 aliphatic rings. The number of carbonyl (C=O) groups is 2. The standard InChI is InChI=1S/C21H22N4O3/c1-14-11-18(19-22-5-6-25(19)13-14)20(26)23-16-4-3-15(2)17(12-16)21(27)24-7-9-28-10-8-24/h3-6,11-13H,7-10H2,1-2H3,(H,23,26). The van der Waals surface area contributed by atoms with E-state index in [9.17, 15) is 9.59 Å². The number of hydrogen-bond acceptors (Lipinski definition) is 4. The first-order chi connectivity index (χ1) is 13.5. The van der Waals surface area contributed by atoms with Crippen LogP contribution in [0.1, 0.15) is 31.8 Å². The van der Waals surface area contributed by atoms with Gasteiger partial charge in [0.15, 0.2) is 0 Å². The molecular formula is C21H22N4O3. The maximum atomic E-state index is 12.9. The summed E-state index contributed by atoms with van der Waals surface area (Å²) >= 11 is 0. The van der Waals surface area contributed by atoms with Gasteiger partial charge in [0.1, 0.15) is 5.65 Å². The van der Waals surface area contributed by atoms with Gasteiger partial charge < -0.3 is 19.4 Å². The number of anilines is 1. The minimum atomic E-state index is -0.256. The number of aromatic nitrogens is 2. The Morgan fingerprint density at radius 3 is 2.68 bits per heavy atom. The van der Waals surface area contributed by atoms with Crippen molar-refractivity contribution in [1.82, 2.24) is 14.3 Å². The third kappa shape index (κ3) is 3.48. The molecule has 4 rings (SSSR count). The highest BCUT2D eigenvalue weighted by molar-refractivity contribution is 6.09. The molecule has 144 valence electrons. The zero-order valence-electron chi connectivity index (χ0n) is 15.9. The normalized spacial score (nSPS) is 14.3. The third-order valence-corrected chi connectivity index (χ3v) is 4.89. The predicted octanol–water partition coefficient (Wildman–Crippen LogP) is 2.68. The molecule has 1 fully saturated rings. The predicted molar refractivity (Wildman–Crippen MR) is 106 cm³/mol. The molecule has 28 heavy (non-hydrogen) atoms. The summed E-state index contributed by atoms with van der Waals surface area (Å²) in [6, 6.07) is 7.21. The molecule has 3 heterocycles. The van der Waals surface area contributed by atoms with E-state index in [4.69, 9.17) is 4.74 Å². The maximum absolute atomic E-state index is 12.9. The summed E-state index contributed by atoms with van der Waals surface area (Å²) in [5.74, 6) is -0.295. The number of aryl methyl sites for hydroxylation is 2. The summed E-state index contributed by atoms with van der Waals surface area (Å²) in [5, 5.41) is 2.91. The van der Waals surface area contributed by atoms with E-state index in [1.54, 1.807) is 17.2 Å². The van der Waals surface area contributed by atoms with Crippen molar-refractivity contribution in [2.45, 2.75) is 13.8 Å². The van der Waals surface area contributed by atoms with Crippen LogP contribution in [0, 0.1) is 13.8 Å². The molecule has 0 saturated carbocycles. The van der Waals surface area contributed by atoms with Crippen molar-refractivity contribution in [3.8, 4) is 0 Å². The second-order valence-electron chi connectivity index (χ2n) is 6.98. The molecule has 0 aliphatic carbocycles. The Morgan fingerprint density at radius 1 is 1.11 bits per heavy atom. The molecule has 0 bridgehead atoms. The van der Waals surface area contributed by atoms with Crippen molar-refractivity contribution in [2.75, 3.05) is 31.6 Å². The van der Waals surface area contributed by atoms with E-state index in [0.29, 0.717) is 48.8 Å². The Morgan fingerprint density at radius 2 is 1.89 bits per heavy atom. The summed E-state index contributed by atoms with van der Waals surface area (Å²) in [4.78, 5) is 31.8. The first-order valence-electron chi connectivity index (χ1n) is 9.25. The topological polar surface area (TPSA) is 75.9 Å². The van der Waals surface area contributed by atoms with E-state index in [1.165, 1.54) is 0 Å². The molecule has 0 atom stereocenters. The van der Waals surface area contributed by atoms with Gasteiger partial charge in [-0.1, -0.05) is 6.07 Å². The van der Waals surface area contributed by atoms with Crippen molar-refractivity contribution in [2.24, 2.45) is 0 Å². The van der Waals surface area contributed by atoms with Crippen molar-refractivity contribution in [3.05, 3.63) is 65.1 Å². The van der Waals surface area contributed by atoms with Crippen LogP contribution in [0.25, 0.3) is 5.65 Å². The summed E-state index contributed by atoms with van der Waals surface area (Å²) in [7, 11) is 0. The Kier molecular flexibility index (Phi) is 4.83. The van der Waals surface area contributed by atoms with E-state index in [-0.39, 0.29) is 11.8 Å². The van der Waals surface area contributed by atoms with Crippen LogP contribution in [0.3, 0.4) is 0 Å². The molecule has 3 aromatic rings. The van der Waals surface area contributed by atoms with Crippen LogP contribution in [-0.2, 0) is 4.74 Å². The summed E-state index contributed by atoms with van der Waals surface area (Å²) in [6.45, 7) is 6.09. The molecule has 2 aromatic heterocycles. The number of amides is 2. The fourth-order valence-corrected chi connectivity index (χ4v) is 3.41. The summed E-state index contributed by atoms with van der Waals surface area (Å²) < 4.78 is 7.15. The van der Waals surface area contributed by atoms with Crippen LogP contribution in [0.2, 0.25) is 0 Å². The van der Waals surface area contributed by atoms with Gasteiger partial charge in [-0.05, 0) is 43.2 Å². The van der Waals surface area contributed by atoms with Crippen LogP contribution in [0.15, 0.2) is 42.9 Å². The SMILES string of the molecule is Cc1cc(C(=O)Nc2ccc(C)c(C(=O)N3CCOCC3)c2)c2nccn2c1. The second kappa shape index (κ2) is 7.44. The lowest BCUT2D eigenvalue weighted by Gasteiger charge is -2.27. The zero-order chi connectivity index (χ0) is 19.7. The lowest BCUT2D eigenvalue weighted by molar-refractivity contribution is 0.0302. The number of hydrogen-bond donors (Lipinski definition) is 1. The number of benzene rings is 1. The highest BCUT2D eigenvalue weighted by atomic mass is 16.5. The summed E-state index contributed by atoms with van der Waals surface area (Å²) in [5.41, 5.74) is 4.10. The largest absolute Gasteiger partial charge is 0.378 e. The monoisotopic (exact) mass is 378 g/mol. The fourth-order valence-electron chi connectivity index (χ4n) is 3.41. The average Bonchev–Trinajstić information content (AvgIpc) is 3.17. The second-order valence-corrected chi connectivity index (χ2v) is 6.98. The zero-order valence-corrected chi connectivity index (χ0v) is 15.9. The summed E-state index contributed by atoms with van der Waals surface area (Å²) in [6.07, 6.45) is 5.39. The van der Waals surface area contributed by atoms with Gasteiger partial charge in [-0.2, -0.15) is 0 Å². The van der Waals surface area contributed by atoms with Crippen LogP contribution in [-0.4, -0.2) is 52.4 Å². The molecule has 7 nitrogen and oxygen atoms in total. The molecule has 0 spiro atoms. The number of nitrogens with one attached hydrogen (secondary N) is 1. The number of rotatable bonds is 3. The molecule has 1 N–H and O–H groups in total. The van der Waals surface area contributed by atoms with Crippen LogP contribution in [0.4, 0.5) is 5.69 Å². The molecule has 0 radical (unpaired) electrons.